The van der Waals surface area contributed by atoms with Crippen molar-refractivity contribution < 1.29 is 9.84 Å². The molecule has 0 aliphatic heterocycles. The van der Waals surface area contributed by atoms with E-state index in [0.29, 0.717) is 12.6 Å². The summed E-state index contributed by atoms with van der Waals surface area (Å²) in [5.41, 5.74) is 2.38. The molecule has 1 atom stereocenters. The second-order valence-corrected chi connectivity index (χ2v) is 4.71. The minimum Gasteiger partial charge on any atom is -0.492 e. The quantitative estimate of drug-likeness (QED) is 0.795. The van der Waals surface area contributed by atoms with Crippen molar-refractivity contribution in [2.45, 2.75) is 39.8 Å². The lowest BCUT2D eigenvalue weighted by molar-refractivity contribution is 0.176. The number of aliphatic hydroxyl groups is 1. The summed E-state index contributed by atoms with van der Waals surface area (Å²) in [6, 6.07) is 6.34. The maximum absolute atomic E-state index is 9.23. The van der Waals surface area contributed by atoms with Crippen LogP contribution >= 0.6 is 0 Å². The Balaban J connectivity index is 2.56. The number of aryl methyl sites for hydroxylation is 1. The Labute approximate surface area is 104 Å². The fourth-order valence-corrected chi connectivity index (χ4v) is 1.70. The first kappa shape index (κ1) is 14.0. The average Bonchev–Trinajstić information content (AvgIpc) is 2.28. The van der Waals surface area contributed by atoms with E-state index < -0.39 is 0 Å². The van der Waals surface area contributed by atoms with Gasteiger partial charge in [-0.15, -0.1) is 0 Å². The molecular formula is C14H23NO2. The Morgan fingerprint density at radius 3 is 2.59 bits per heavy atom. The van der Waals surface area contributed by atoms with Crippen LogP contribution in [0.4, 0.5) is 0 Å². The van der Waals surface area contributed by atoms with Crippen molar-refractivity contribution in [3.8, 4) is 5.75 Å². The first-order chi connectivity index (χ1) is 8.04. The molecule has 0 saturated heterocycles. The standard InChI is InChI=1S/C14H23NO2/c1-10(2)15-13(8-16)9-17-14-7-5-6-11(3)12(14)4/h5-7,10,13,15-16H,8-9H2,1-4H3. The van der Waals surface area contributed by atoms with E-state index in [9.17, 15) is 5.11 Å². The molecule has 96 valence electrons. The highest BCUT2D eigenvalue weighted by atomic mass is 16.5. The SMILES string of the molecule is Cc1cccc(OCC(CO)NC(C)C)c1C. The molecule has 0 heterocycles. The maximum Gasteiger partial charge on any atom is 0.122 e. The van der Waals surface area contributed by atoms with Crippen molar-refractivity contribution in [3.05, 3.63) is 29.3 Å². The fourth-order valence-electron chi connectivity index (χ4n) is 1.70. The highest BCUT2D eigenvalue weighted by Gasteiger charge is 2.10. The highest BCUT2D eigenvalue weighted by Crippen LogP contribution is 2.20. The van der Waals surface area contributed by atoms with Crippen molar-refractivity contribution in [2.75, 3.05) is 13.2 Å². The molecule has 1 aromatic rings. The maximum atomic E-state index is 9.23. The van der Waals surface area contributed by atoms with Crippen molar-refractivity contribution in [2.24, 2.45) is 0 Å². The third-order valence-electron chi connectivity index (χ3n) is 2.78. The molecule has 0 radical (unpaired) electrons. The fraction of sp³-hybridized carbons (Fsp3) is 0.571. The third kappa shape index (κ3) is 4.36. The zero-order valence-electron chi connectivity index (χ0n) is 11.2. The Hall–Kier alpha value is -1.06. The van der Waals surface area contributed by atoms with Crippen molar-refractivity contribution in [1.82, 2.24) is 5.32 Å². The second-order valence-electron chi connectivity index (χ2n) is 4.71. The van der Waals surface area contributed by atoms with Gasteiger partial charge in [-0.05, 0) is 31.0 Å². The van der Waals surface area contributed by atoms with E-state index in [1.807, 2.05) is 12.1 Å². The average molecular weight is 237 g/mol. The predicted octanol–water partition coefficient (Wildman–Crippen LogP) is 2.04. The first-order valence-electron chi connectivity index (χ1n) is 6.10. The van der Waals surface area contributed by atoms with E-state index in [1.54, 1.807) is 0 Å². The van der Waals surface area contributed by atoms with Gasteiger partial charge in [0.15, 0.2) is 0 Å². The van der Waals surface area contributed by atoms with Crippen molar-refractivity contribution >= 4 is 0 Å². The van der Waals surface area contributed by atoms with Crippen LogP contribution in [-0.2, 0) is 0 Å². The Bertz CT molecular complexity index is 350. The van der Waals surface area contributed by atoms with Gasteiger partial charge in [-0.3, -0.25) is 0 Å². The van der Waals surface area contributed by atoms with Crippen LogP contribution in [0.1, 0.15) is 25.0 Å². The Kier molecular flexibility index (Phi) is 5.45. The van der Waals surface area contributed by atoms with Crippen LogP contribution in [-0.4, -0.2) is 30.4 Å². The van der Waals surface area contributed by atoms with Gasteiger partial charge in [-0.2, -0.15) is 0 Å². The molecule has 3 heteroatoms. The molecule has 1 unspecified atom stereocenters. The molecule has 1 rings (SSSR count). The van der Waals surface area contributed by atoms with Crippen LogP contribution in [0.3, 0.4) is 0 Å². The lowest BCUT2D eigenvalue weighted by Gasteiger charge is -2.20. The molecule has 0 saturated carbocycles. The molecule has 0 amide bonds. The number of hydrogen-bond acceptors (Lipinski definition) is 3. The Morgan fingerprint density at radius 2 is 2.00 bits per heavy atom. The first-order valence-corrected chi connectivity index (χ1v) is 6.10. The van der Waals surface area contributed by atoms with Gasteiger partial charge >= 0.3 is 0 Å². The van der Waals surface area contributed by atoms with Crippen LogP contribution in [0.5, 0.6) is 5.75 Å². The van der Waals surface area contributed by atoms with Gasteiger partial charge in [-0.1, -0.05) is 26.0 Å². The molecule has 17 heavy (non-hydrogen) atoms. The van der Waals surface area contributed by atoms with Crippen LogP contribution < -0.4 is 10.1 Å². The van der Waals surface area contributed by atoms with Crippen LogP contribution in [0.2, 0.25) is 0 Å². The molecule has 0 aromatic heterocycles. The van der Waals surface area contributed by atoms with E-state index in [-0.39, 0.29) is 12.6 Å². The lowest BCUT2D eigenvalue weighted by atomic mass is 10.1. The van der Waals surface area contributed by atoms with E-state index in [4.69, 9.17) is 4.74 Å². The number of rotatable bonds is 6. The normalized spacial score (nSPS) is 12.8. The summed E-state index contributed by atoms with van der Waals surface area (Å²) in [4.78, 5) is 0. The van der Waals surface area contributed by atoms with Crippen molar-refractivity contribution in [1.29, 1.82) is 0 Å². The molecule has 0 spiro atoms. The largest absolute Gasteiger partial charge is 0.492 e. The number of aliphatic hydroxyl groups excluding tert-OH is 1. The summed E-state index contributed by atoms with van der Waals surface area (Å²) >= 11 is 0. The molecule has 0 fully saturated rings. The van der Waals surface area contributed by atoms with Crippen LogP contribution in [0, 0.1) is 13.8 Å². The summed E-state index contributed by atoms with van der Waals surface area (Å²) in [6.07, 6.45) is 0. The minimum atomic E-state index is -0.0186. The van der Waals surface area contributed by atoms with Gasteiger partial charge in [0.2, 0.25) is 0 Å². The van der Waals surface area contributed by atoms with Crippen LogP contribution in [0.15, 0.2) is 18.2 Å². The van der Waals surface area contributed by atoms with Gasteiger partial charge in [0.05, 0.1) is 12.6 Å². The predicted molar refractivity (Wildman–Crippen MR) is 70.6 cm³/mol. The highest BCUT2D eigenvalue weighted by molar-refractivity contribution is 5.38. The van der Waals surface area contributed by atoms with Gasteiger partial charge in [0, 0.05) is 6.04 Å². The number of nitrogens with one attached hydrogen (secondary N) is 1. The van der Waals surface area contributed by atoms with E-state index in [1.165, 1.54) is 5.56 Å². The molecule has 2 N–H and O–H groups in total. The van der Waals surface area contributed by atoms with Gasteiger partial charge in [-0.25, -0.2) is 0 Å². The summed E-state index contributed by atoms with van der Waals surface area (Å²) < 4.78 is 5.75. The monoisotopic (exact) mass is 237 g/mol. The molecule has 0 bridgehead atoms. The van der Waals surface area contributed by atoms with Crippen LogP contribution in [0.25, 0.3) is 0 Å². The summed E-state index contributed by atoms with van der Waals surface area (Å²) in [6.45, 7) is 8.80. The smallest absolute Gasteiger partial charge is 0.122 e. The lowest BCUT2D eigenvalue weighted by Crippen LogP contribution is -2.41. The van der Waals surface area contributed by atoms with Crippen molar-refractivity contribution in [3.63, 3.8) is 0 Å². The zero-order valence-corrected chi connectivity index (χ0v) is 11.2. The van der Waals surface area contributed by atoms with Gasteiger partial charge in [0.1, 0.15) is 12.4 Å². The summed E-state index contributed by atoms with van der Waals surface area (Å²) in [7, 11) is 0. The molecule has 0 aliphatic carbocycles. The molecular weight excluding hydrogens is 214 g/mol. The number of benzene rings is 1. The third-order valence-corrected chi connectivity index (χ3v) is 2.78. The zero-order chi connectivity index (χ0) is 12.8. The summed E-state index contributed by atoms with van der Waals surface area (Å²) in [5, 5.41) is 12.5. The van der Waals surface area contributed by atoms with Gasteiger partial charge < -0.3 is 15.2 Å². The molecule has 3 nitrogen and oxygen atoms in total. The number of hydrogen-bond donors (Lipinski definition) is 2. The second kappa shape index (κ2) is 6.62. The number of ether oxygens (including phenoxy) is 1. The molecule has 1 aromatic carbocycles. The van der Waals surface area contributed by atoms with E-state index in [0.717, 1.165) is 11.3 Å². The minimum absolute atomic E-state index is 0.0186. The Morgan fingerprint density at radius 1 is 1.29 bits per heavy atom. The topological polar surface area (TPSA) is 41.5 Å². The van der Waals surface area contributed by atoms with E-state index in [2.05, 4.69) is 39.1 Å². The molecule has 0 aliphatic rings. The van der Waals surface area contributed by atoms with Gasteiger partial charge in [0.25, 0.3) is 0 Å². The van der Waals surface area contributed by atoms with E-state index >= 15 is 0 Å². The summed E-state index contributed by atoms with van der Waals surface area (Å²) in [5.74, 6) is 0.897.